The van der Waals surface area contributed by atoms with Crippen LogP contribution in [0.15, 0.2) is 24.4 Å². The van der Waals surface area contributed by atoms with E-state index in [4.69, 9.17) is 15.2 Å². The van der Waals surface area contributed by atoms with E-state index in [1.54, 1.807) is 13.8 Å². The number of benzene rings is 1. The molecule has 1 aliphatic carbocycles. The fourth-order valence-electron chi connectivity index (χ4n) is 4.44. The highest BCUT2D eigenvalue weighted by molar-refractivity contribution is 6.04. The van der Waals surface area contributed by atoms with Gasteiger partial charge < -0.3 is 20.1 Å². The van der Waals surface area contributed by atoms with Crippen molar-refractivity contribution in [2.75, 3.05) is 12.0 Å². The molecule has 0 bridgehead atoms. The molecule has 1 saturated carbocycles. The summed E-state index contributed by atoms with van der Waals surface area (Å²) in [6.45, 7) is 5.38. The summed E-state index contributed by atoms with van der Waals surface area (Å²) in [5.41, 5.74) is 4.01. The van der Waals surface area contributed by atoms with Crippen LogP contribution >= 0.6 is 0 Å². The van der Waals surface area contributed by atoms with Gasteiger partial charge in [0.2, 0.25) is 11.8 Å². The Balaban J connectivity index is 2.07. The zero-order chi connectivity index (χ0) is 27.5. The number of rotatable bonds is 7. The van der Waals surface area contributed by atoms with Crippen molar-refractivity contribution in [3.05, 3.63) is 46.9 Å². The van der Waals surface area contributed by atoms with E-state index in [-0.39, 0.29) is 35.2 Å². The van der Waals surface area contributed by atoms with Gasteiger partial charge in [-0.25, -0.2) is 14.2 Å². The van der Waals surface area contributed by atoms with E-state index in [0.717, 1.165) is 44.3 Å². The zero-order valence-electron chi connectivity index (χ0n) is 21.2. The van der Waals surface area contributed by atoms with Gasteiger partial charge in [0.1, 0.15) is 5.56 Å². The molecule has 0 spiro atoms. The minimum Gasteiger partial charge on any atom is -0.465 e. The third-order valence-electron chi connectivity index (χ3n) is 6.49. The number of aromatic nitrogens is 1. The van der Waals surface area contributed by atoms with E-state index >= 15 is 4.39 Å². The SMILES string of the molecule is COC(=O)c1cc(Oc2ncc(CN)cc2C(F)(F)F)c(F)cc1N(C(=O)C1CCC(C)CC1)C(C)C. The second kappa shape index (κ2) is 11.5. The van der Waals surface area contributed by atoms with E-state index in [1.165, 1.54) is 4.90 Å². The highest BCUT2D eigenvalue weighted by atomic mass is 19.4. The van der Waals surface area contributed by atoms with Gasteiger partial charge in [0.25, 0.3) is 0 Å². The van der Waals surface area contributed by atoms with Crippen LogP contribution in [0.25, 0.3) is 0 Å². The number of nitrogens with zero attached hydrogens (tertiary/aromatic N) is 2. The lowest BCUT2D eigenvalue weighted by molar-refractivity contribution is -0.139. The molecule has 0 aliphatic heterocycles. The third kappa shape index (κ3) is 6.38. The van der Waals surface area contributed by atoms with Crippen LogP contribution in [0.5, 0.6) is 11.6 Å². The Hall–Kier alpha value is -3.21. The van der Waals surface area contributed by atoms with Gasteiger partial charge in [-0.1, -0.05) is 6.92 Å². The lowest BCUT2D eigenvalue weighted by Gasteiger charge is -2.34. The van der Waals surface area contributed by atoms with Gasteiger partial charge in [-0.15, -0.1) is 0 Å². The van der Waals surface area contributed by atoms with Gasteiger partial charge in [0.05, 0.1) is 18.4 Å². The number of pyridine rings is 1. The molecule has 1 amide bonds. The number of carbonyl (C=O) groups excluding carboxylic acids is 2. The molecule has 202 valence electrons. The summed E-state index contributed by atoms with van der Waals surface area (Å²) in [5, 5.41) is 0. The maximum absolute atomic E-state index is 15.3. The number of hydrogen-bond donors (Lipinski definition) is 1. The molecular formula is C26H31F4N3O4. The lowest BCUT2D eigenvalue weighted by Crippen LogP contribution is -2.43. The number of amides is 1. The largest absolute Gasteiger partial charge is 0.465 e. The van der Waals surface area contributed by atoms with Crippen LogP contribution in [-0.2, 0) is 22.3 Å². The van der Waals surface area contributed by atoms with Gasteiger partial charge in [0, 0.05) is 36.8 Å². The van der Waals surface area contributed by atoms with Crippen molar-refractivity contribution < 1.29 is 36.6 Å². The predicted octanol–water partition coefficient (Wildman–Crippen LogP) is 5.84. The highest BCUT2D eigenvalue weighted by Crippen LogP contribution is 2.40. The topological polar surface area (TPSA) is 94.8 Å². The van der Waals surface area contributed by atoms with Crippen LogP contribution in [-0.4, -0.2) is 30.0 Å². The molecule has 2 N–H and O–H groups in total. The standard InChI is InChI=1S/C26H31F4N3O4/c1-14(2)33(24(34)17-7-5-15(3)6-8-17)21-11-20(27)22(10-18(21)25(35)36-4)37-23-19(26(28,29)30)9-16(12-31)13-32-23/h9-11,13-15,17H,5-8,12,31H2,1-4H3. The van der Waals surface area contributed by atoms with Crippen molar-refractivity contribution in [3.63, 3.8) is 0 Å². The van der Waals surface area contributed by atoms with Gasteiger partial charge >= 0.3 is 12.1 Å². The summed E-state index contributed by atoms with van der Waals surface area (Å²) < 4.78 is 66.2. The maximum atomic E-state index is 15.3. The minimum atomic E-state index is -4.85. The molecule has 7 nitrogen and oxygen atoms in total. The van der Waals surface area contributed by atoms with Crippen LogP contribution in [0.2, 0.25) is 0 Å². The molecular weight excluding hydrogens is 494 g/mol. The Kier molecular flexibility index (Phi) is 8.78. The number of methoxy groups -OCH3 is 1. The van der Waals surface area contributed by atoms with Gasteiger partial charge in [-0.3, -0.25) is 4.79 Å². The Labute approximate surface area is 212 Å². The fourth-order valence-corrected chi connectivity index (χ4v) is 4.44. The van der Waals surface area contributed by atoms with E-state index in [9.17, 15) is 22.8 Å². The Bertz CT molecular complexity index is 1150. The van der Waals surface area contributed by atoms with Crippen LogP contribution in [0.3, 0.4) is 0 Å². The zero-order valence-corrected chi connectivity index (χ0v) is 21.2. The molecule has 1 fully saturated rings. The van der Waals surface area contributed by atoms with E-state index < -0.39 is 41.2 Å². The quantitative estimate of drug-likeness (QED) is 0.360. The first-order chi connectivity index (χ1) is 17.4. The number of hydrogen-bond acceptors (Lipinski definition) is 6. The predicted molar refractivity (Wildman–Crippen MR) is 129 cm³/mol. The van der Waals surface area contributed by atoms with Gasteiger partial charge in [-0.05, 0) is 57.1 Å². The number of ether oxygens (including phenoxy) is 2. The average Bonchev–Trinajstić information content (AvgIpc) is 2.84. The molecule has 3 rings (SSSR count). The minimum absolute atomic E-state index is 0.0437. The molecule has 0 radical (unpaired) electrons. The van der Waals surface area contributed by atoms with Crippen molar-refractivity contribution in [2.45, 2.75) is 65.2 Å². The van der Waals surface area contributed by atoms with Crippen molar-refractivity contribution in [1.82, 2.24) is 4.98 Å². The molecule has 11 heteroatoms. The summed E-state index contributed by atoms with van der Waals surface area (Å²) in [4.78, 5) is 31.2. The summed E-state index contributed by atoms with van der Waals surface area (Å²) in [7, 11) is 1.11. The second-order valence-corrected chi connectivity index (χ2v) is 9.55. The Morgan fingerprint density at radius 1 is 1.16 bits per heavy atom. The van der Waals surface area contributed by atoms with E-state index in [1.807, 2.05) is 0 Å². The molecule has 0 unspecified atom stereocenters. The Morgan fingerprint density at radius 2 is 1.81 bits per heavy atom. The number of halogens is 4. The molecule has 1 aromatic heterocycles. The first-order valence-corrected chi connectivity index (χ1v) is 12.1. The summed E-state index contributed by atoms with van der Waals surface area (Å²) >= 11 is 0. The number of anilines is 1. The van der Waals surface area contributed by atoms with Gasteiger partial charge in [-0.2, -0.15) is 13.2 Å². The molecule has 1 aliphatic rings. The van der Waals surface area contributed by atoms with Crippen LogP contribution < -0.4 is 15.4 Å². The van der Waals surface area contributed by atoms with Crippen LogP contribution in [0.4, 0.5) is 23.2 Å². The van der Waals surface area contributed by atoms with E-state index in [0.29, 0.717) is 18.8 Å². The molecule has 0 saturated heterocycles. The van der Waals surface area contributed by atoms with Gasteiger partial charge in [0.15, 0.2) is 11.6 Å². The van der Waals surface area contributed by atoms with Crippen LogP contribution in [0.1, 0.15) is 67.9 Å². The summed E-state index contributed by atoms with van der Waals surface area (Å²) in [6, 6.07) is 2.16. The lowest BCUT2D eigenvalue weighted by atomic mass is 9.82. The highest BCUT2D eigenvalue weighted by Gasteiger charge is 2.37. The van der Waals surface area contributed by atoms with Crippen molar-refractivity contribution in [1.29, 1.82) is 0 Å². The Morgan fingerprint density at radius 3 is 2.35 bits per heavy atom. The molecule has 0 atom stereocenters. The maximum Gasteiger partial charge on any atom is 0.421 e. The number of carbonyl (C=O) groups is 2. The van der Waals surface area contributed by atoms with Crippen molar-refractivity contribution >= 4 is 17.6 Å². The van der Waals surface area contributed by atoms with Crippen molar-refractivity contribution in [2.24, 2.45) is 17.6 Å². The molecule has 1 heterocycles. The molecule has 37 heavy (non-hydrogen) atoms. The number of esters is 1. The van der Waals surface area contributed by atoms with Crippen LogP contribution in [0, 0.1) is 17.7 Å². The summed E-state index contributed by atoms with van der Waals surface area (Å²) in [6.07, 6.45) is -0.665. The first-order valence-electron chi connectivity index (χ1n) is 12.1. The number of alkyl halides is 3. The average molecular weight is 526 g/mol. The summed E-state index contributed by atoms with van der Waals surface area (Å²) in [5.74, 6) is -3.59. The second-order valence-electron chi connectivity index (χ2n) is 9.55. The van der Waals surface area contributed by atoms with E-state index in [2.05, 4.69) is 11.9 Å². The molecule has 2 aromatic rings. The monoisotopic (exact) mass is 525 g/mol. The normalized spacial score (nSPS) is 18.0. The number of nitrogens with two attached hydrogens (primary N) is 1. The fraction of sp³-hybridized carbons (Fsp3) is 0.500. The smallest absolute Gasteiger partial charge is 0.421 e. The third-order valence-corrected chi connectivity index (χ3v) is 6.49. The van der Waals surface area contributed by atoms with Crippen molar-refractivity contribution in [3.8, 4) is 11.6 Å². The first kappa shape index (κ1) is 28.4. The molecule has 1 aromatic carbocycles.